The standard InChI is InChI=1S/C13H12N4O2S/c1-10-6-8-11(9-7-10)20(18,19)16-17-13-5-3-2-4-12(13)14-15-17/h2-9,16H,1H3. The number of benzene rings is 2. The number of rotatable bonds is 3. The number of para-hydroxylation sites is 1. The highest BCUT2D eigenvalue weighted by molar-refractivity contribution is 7.92. The summed E-state index contributed by atoms with van der Waals surface area (Å²) in [5.74, 6) is 0. The van der Waals surface area contributed by atoms with Gasteiger partial charge in [0.1, 0.15) is 11.0 Å². The van der Waals surface area contributed by atoms with Gasteiger partial charge in [-0.15, -0.1) is 9.89 Å². The summed E-state index contributed by atoms with van der Waals surface area (Å²) < 4.78 is 24.5. The van der Waals surface area contributed by atoms with Gasteiger partial charge in [-0.25, -0.2) is 0 Å². The van der Waals surface area contributed by atoms with Crippen LogP contribution >= 0.6 is 0 Å². The van der Waals surface area contributed by atoms with Gasteiger partial charge in [0.2, 0.25) is 0 Å². The number of hydrogen-bond acceptors (Lipinski definition) is 4. The van der Waals surface area contributed by atoms with E-state index in [0.717, 1.165) is 10.4 Å². The van der Waals surface area contributed by atoms with Crippen molar-refractivity contribution < 1.29 is 8.42 Å². The van der Waals surface area contributed by atoms with Crippen LogP contribution in [-0.2, 0) is 10.0 Å². The largest absolute Gasteiger partial charge is 0.276 e. The second kappa shape index (κ2) is 4.61. The number of aryl methyl sites for hydroxylation is 1. The van der Waals surface area contributed by atoms with Crippen molar-refractivity contribution in [2.45, 2.75) is 11.8 Å². The normalized spacial score (nSPS) is 11.7. The predicted octanol–water partition coefficient (Wildman–Crippen LogP) is 1.67. The molecule has 0 fully saturated rings. The Morgan fingerprint density at radius 1 is 1.05 bits per heavy atom. The summed E-state index contributed by atoms with van der Waals surface area (Å²) in [4.78, 5) is 3.73. The molecular formula is C13H12N4O2S. The first-order valence-electron chi connectivity index (χ1n) is 5.96. The lowest BCUT2D eigenvalue weighted by Gasteiger charge is -2.08. The van der Waals surface area contributed by atoms with Crippen LogP contribution in [-0.4, -0.2) is 23.5 Å². The van der Waals surface area contributed by atoms with E-state index in [0.29, 0.717) is 11.0 Å². The van der Waals surface area contributed by atoms with Gasteiger partial charge in [-0.1, -0.05) is 29.8 Å². The van der Waals surface area contributed by atoms with Gasteiger partial charge < -0.3 is 0 Å². The van der Waals surface area contributed by atoms with Gasteiger partial charge >= 0.3 is 0 Å². The minimum Gasteiger partial charge on any atom is -0.200 e. The number of fused-ring (bicyclic) bond motifs is 1. The number of nitrogens with zero attached hydrogens (tertiary/aromatic N) is 3. The highest BCUT2D eigenvalue weighted by Crippen LogP contribution is 2.13. The first-order chi connectivity index (χ1) is 9.56. The van der Waals surface area contributed by atoms with E-state index in [1.807, 2.05) is 13.0 Å². The first kappa shape index (κ1) is 12.6. The third-order valence-corrected chi connectivity index (χ3v) is 4.20. The van der Waals surface area contributed by atoms with Gasteiger partial charge in [-0.05, 0) is 36.4 Å². The molecule has 3 aromatic rings. The maximum Gasteiger partial charge on any atom is 0.276 e. The Kier molecular flexibility index (Phi) is 2.90. The van der Waals surface area contributed by atoms with Crippen LogP contribution in [0.3, 0.4) is 0 Å². The number of nitrogens with one attached hydrogen (secondary N) is 1. The second-order valence-corrected chi connectivity index (χ2v) is 6.06. The molecule has 0 saturated heterocycles. The first-order valence-corrected chi connectivity index (χ1v) is 7.44. The van der Waals surface area contributed by atoms with E-state index in [1.165, 1.54) is 0 Å². The van der Waals surface area contributed by atoms with Gasteiger partial charge in [0.25, 0.3) is 10.0 Å². The maximum atomic E-state index is 12.3. The van der Waals surface area contributed by atoms with E-state index in [1.54, 1.807) is 42.5 Å². The molecule has 0 saturated carbocycles. The van der Waals surface area contributed by atoms with Crippen LogP contribution in [0, 0.1) is 6.92 Å². The number of hydrogen-bond donors (Lipinski definition) is 1. The van der Waals surface area contributed by atoms with Crippen molar-refractivity contribution >= 4 is 21.1 Å². The SMILES string of the molecule is Cc1ccc(S(=O)(=O)Nn2nnc3ccccc32)cc1. The zero-order valence-electron chi connectivity index (χ0n) is 10.7. The van der Waals surface area contributed by atoms with Crippen LogP contribution in [0.15, 0.2) is 53.4 Å². The minimum atomic E-state index is -3.68. The molecule has 0 aliphatic heterocycles. The third-order valence-electron chi connectivity index (χ3n) is 2.89. The highest BCUT2D eigenvalue weighted by atomic mass is 32.2. The summed E-state index contributed by atoms with van der Waals surface area (Å²) in [5.41, 5.74) is 2.22. The Morgan fingerprint density at radius 3 is 2.50 bits per heavy atom. The lowest BCUT2D eigenvalue weighted by atomic mass is 10.2. The summed E-state index contributed by atoms with van der Waals surface area (Å²) in [6.45, 7) is 1.90. The molecule has 1 heterocycles. The molecule has 0 radical (unpaired) electrons. The van der Waals surface area contributed by atoms with E-state index in [9.17, 15) is 8.42 Å². The Balaban J connectivity index is 1.99. The Labute approximate surface area is 116 Å². The van der Waals surface area contributed by atoms with Crippen LogP contribution in [0.2, 0.25) is 0 Å². The molecule has 0 atom stereocenters. The molecular weight excluding hydrogens is 276 g/mol. The molecule has 6 nitrogen and oxygen atoms in total. The van der Waals surface area contributed by atoms with Crippen LogP contribution in [0.25, 0.3) is 11.0 Å². The summed E-state index contributed by atoms with van der Waals surface area (Å²) in [6, 6.07) is 13.7. The molecule has 3 rings (SSSR count). The van der Waals surface area contributed by atoms with Crippen molar-refractivity contribution in [3.63, 3.8) is 0 Å². The van der Waals surface area contributed by atoms with Crippen LogP contribution in [0.4, 0.5) is 0 Å². The number of aromatic nitrogens is 3. The zero-order valence-corrected chi connectivity index (χ0v) is 11.5. The number of sulfonamides is 1. The summed E-state index contributed by atoms with van der Waals surface area (Å²) in [5, 5.41) is 7.70. The topological polar surface area (TPSA) is 76.9 Å². The average molecular weight is 288 g/mol. The third kappa shape index (κ3) is 2.23. The van der Waals surface area contributed by atoms with Crippen molar-refractivity contribution in [2.75, 3.05) is 4.83 Å². The zero-order chi connectivity index (χ0) is 14.2. The van der Waals surface area contributed by atoms with Crippen molar-refractivity contribution in [3.8, 4) is 0 Å². The van der Waals surface area contributed by atoms with E-state index < -0.39 is 10.0 Å². The molecule has 102 valence electrons. The maximum absolute atomic E-state index is 12.3. The molecule has 0 bridgehead atoms. The molecule has 0 aliphatic carbocycles. The van der Waals surface area contributed by atoms with Gasteiger partial charge in [-0.2, -0.15) is 13.2 Å². The molecule has 1 aromatic heterocycles. The molecule has 7 heteroatoms. The Morgan fingerprint density at radius 2 is 1.75 bits per heavy atom. The molecule has 0 amide bonds. The van der Waals surface area contributed by atoms with Gasteiger partial charge in [0, 0.05) is 0 Å². The minimum absolute atomic E-state index is 0.183. The molecule has 0 aliphatic rings. The smallest absolute Gasteiger partial charge is 0.200 e. The molecule has 0 spiro atoms. The van der Waals surface area contributed by atoms with Gasteiger partial charge in [-0.3, -0.25) is 0 Å². The lowest BCUT2D eigenvalue weighted by Crippen LogP contribution is -2.24. The molecule has 0 unspecified atom stereocenters. The predicted molar refractivity (Wildman–Crippen MR) is 75.3 cm³/mol. The van der Waals surface area contributed by atoms with E-state index in [-0.39, 0.29) is 4.90 Å². The highest BCUT2D eigenvalue weighted by Gasteiger charge is 2.15. The Hall–Kier alpha value is -2.41. The second-order valence-electron chi connectivity index (χ2n) is 4.40. The van der Waals surface area contributed by atoms with Gasteiger partial charge in [0.15, 0.2) is 0 Å². The quantitative estimate of drug-likeness (QED) is 0.795. The fraction of sp³-hybridized carbons (Fsp3) is 0.0769. The molecule has 2 aromatic carbocycles. The molecule has 20 heavy (non-hydrogen) atoms. The lowest BCUT2D eigenvalue weighted by molar-refractivity contribution is 0.591. The van der Waals surface area contributed by atoms with Crippen molar-refractivity contribution in [1.29, 1.82) is 0 Å². The van der Waals surface area contributed by atoms with E-state index >= 15 is 0 Å². The fourth-order valence-corrected chi connectivity index (χ4v) is 2.78. The van der Waals surface area contributed by atoms with Crippen molar-refractivity contribution in [1.82, 2.24) is 15.1 Å². The summed E-state index contributed by atoms with van der Waals surface area (Å²) in [7, 11) is -3.68. The monoisotopic (exact) mass is 288 g/mol. The van der Waals surface area contributed by atoms with Crippen molar-refractivity contribution in [3.05, 3.63) is 54.1 Å². The van der Waals surface area contributed by atoms with Crippen molar-refractivity contribution in [2.24, 2.45) is 0 Å². The fourth-order valence-electron chi connectivity index (χ4n) is 1.82. The van der Waals surface area contributed by atoms with E-state index in [4.69, 9.17) is 0 Å². The van der Waals surface area contributed by atoms with Gasteiger partial charge in [0.05, 0.1) is 4.90 Å². The summed E-state index contributed by atoms with van der Waals surface area (Å²) in [6.07, 6.45) is 0. The van der Waals surface area contributed by atoms with Crippen LogP contribution in [0.1, 0.15) is 5.56 Å². The average Bonchev–Trinajstić information content (AvgIpc) is 2.82. The van der Waals surface area contributed by atoms with Crippen LogP contribution < -0.4 is 4.83 Å². The molecule has 1 N–H and O–H groups in total. The van der Waals surface area contributed by atoms with Crippen LogP contribution in [0.5, 0.6) is 0 Å². The summed E-state index contributed by atoms with van der Waals surface area (Å²) >= 11 is 0. The van der Waals surface area contributed by atoms with E-state index in [2.05, 4.69) is 15.1 Å². The Bertz CT molecular complexity index is 853.